The molecule has 0 aromatic heterocycles. The molecule has 5 aromatic carbocycles. The average molecular weight is 513 g/mol. The molecule has 0 aliphatic carbocycles. The first kappa shape index (κ1) is 20.8. The number of fused-ring (bicyclic) bond motifs is 7. The number of hydrogen-bond donors (Lipinski definition) is 0. The first-order chi connectivity index (χ1) is 16.1. The molecule has 0 radical (unpaired) electrons. The van der Waals surface area contributed by atoms with Crippen LogP contribution in [0.1, 0.15) is 18.4 Å². The molecule has 1 aliphatic heterocycles. The van der Waals surface area contributed by atoms with Crippen LogP contribution in [-0.2, 0) is 0 Å². The molecule has 0 saturated carbocycles. The van der Waals surface area contributed by atoms with Gasteiger partial charge in [-0.2, -0.15) is 0 Å². The van der Waals surface area contributed by atoms with E-state index in [0.717, 1.165) is 28.8 Å². The third kappa shape index (κ3) is 3.71. The first-order valence-corrected chi connectivity index (χ1v) is 15.2. The zero-order valence-electron chi connectivity index (χ0n) is 18.3. The first-order valence-electron chi connectivity index (χ1n) is 11.2. The topological polar surface area (TPSA) is 18.5 Å². The Labute approximate surface area is 201 Å². The second-order valence-corrected chi connectivity index (χ2v) is 14.1. The van der Waals surface area contributed by atoms with Crippen molar-refractivity contribution in [3.8, 4) is 22.6 Å². The van der Waals surface area contributed by atoms with Gasteiger partial charge >= 0.3 is 202 Å². The Hall–Kier alpha value is -2.83. The summed E-state index contributed by atoms with van der Waals surface area (Å²) < 4.78 is 13.6. The van der Waals surface area contributed by atoms with Crippen LogP contribution in [0.2, 0.25) is 0 Å². The van der Waals surface area contributed by atoms with Gasteiger partial charge in [0.1, 0.15) is 0 Å². The SMILES string of the molecule is CC(CP1(=[Se])Oc2ccc3ccccc3c2-c2c(ccc3ccccc23)O1)c1ccccc1. The van der Waals surface area contributed by atoms with E-state index in [1.54, 1.807) is 0 Å². The van der Waals surface area contributed by atoms with Crippen molar-refractivity contribution in [2.24, 2.45) is 0 Å². The maximum atomic E-state index is 6.81. The van der Waals surface area contributed by atoms with Crippen molar-refractivity contribution in [3.05, 3.63) is 109 Å². The average Bonchev–Trinajstić information content (AvgIpc) is 2.98. The number of rotatable bonds is 3. The summed E-state index contributed by atoms with van der Waals surface area (Å²) in [5.74, 6) is -0.306. The molecule has 0 spiro atoms. The molecule has 4 heteroatoms. The van der Waals surface area contributed by atoms with Crippen molar-refractivity contribution in [2.75, 3.05) is 6.16 Å². The van der Waals surface area contributed by atoms with E-state index >= 15 is 0 Å². The summed E-state index contributed by atoms with van der Waals surface area (Å²) in [5.41, 5.74) is 3.52. The quantitative estimate of drug-likeness (QED) is 0.179. The summed E-state index contributed by atoms with van der Waals surface area (Å²) >= 11 is 3.38. The van der Waals surface area contributed by atoms with Gasteiger partial charge in [0.05, 0.1) is 0 Å². The minimum atomic E-state index is -2.37. The van der Waals surface area contributed by atoms with Gasteiger partial charge in [-0.3, -0.25) is 0 Å². The molecule has 33 heavy (non-hydrogen) atoms. The van der Waals surface area contributed by atoms with Gasteiger partial charge in [0, 0.05) is 0 Å². The summed E-state index contributed by atoms with van der Waals surface area (Å²) in [5, 5.41) is 4.76. The third-order valence-electron chi connectivity index (χ3n) is 6.37. The zero-order chi connectivity index (χ0) is 22.4. The number of benzene rings is 5. The zero-order valence-corrected chi connectivity index (χ0v) is 20.9. The Kier molecular flexibility index (Phi) is 5.15. The van der Waals surface area contributed by atoms with Crippen molar-refractivity contribution in [1.82, 2.24) is 0 Å². The molecular weight excluding hydrogens is 490 g/mol. The van der Waals surface area contributed by atoms with Gasteiger partial charge in [-0.05, 0) is 0 Å². The molecule has 1 heterocycles. The van der Waals surface area contributed by atoms with Crippen LogP contribution in [0.25, 0.3) is 32.7 Å². The van der Waals surface area contributed by atoms with Crippen LogP contribution < -0.4 is 9.05 Å². The van der Waals surface area contributed by atoms with Crippen LogP contribution in [0.5, 0.6) is 11.5 Å². The van der Waals surface area contributed by atoms with E-state index in [4.69, 9.17) is 9.05 Å². The van der Waals surface area contributed by atoms with Gasteiger partial charge in [-0.1, -0.05) is 0 Å². The molecule has 0 bridgehead atoms. The van der Waals surface area contributed by atoms with E-state index in [9.17, 15) is 0 Å². The fourth-order valence-electron chi connectivity index (χ4n) is 4.79. The van der Waals surface area contributed by atoms with Crippen LogP contribution in [0.4, 0.5) is 0 Å². The molecule has 0 saturated heterocycles. The van der Waals surface area contributed by atoms with Gasteiger partial charge < -0.3 is 0 Å². The predicted molar refractivity (Wildman–Crippen MR) is 141 cm³/mol. The molecule has 1 unspecified atom stereocenters. The summed E-state index contributed by atoms with van der Waals surface area (Å²) in [7, 11) is 0. The summed E-state index contributed by atoms with van der Waals surface area (Å²) in [6.45, 7) is 2.24. The molecule has 1 aliphatic rings. The Bertz CT molecular complexity index is 1450. The Morgan fingerprint density at radius 2 is 1.12 bits per heavy atom. The van der Waals surface area contributed by atoms with Gasteiger partial charge in [0.15, 0.2) is 0 Å². The Morgan fingerprint density at radius 3 is 1.67 bits per heavy atom. The second kappa shape index (κ2) is 8.19. The molecule has 162 valence electrons. The van der Waals surface area contributed by atoms with Gasteiger partial charge in [0.2, 0.25) is 0 Å². The molecular formula is C29H23O2PSe. The van der Waals surface area contributed by atoms with E-state index in [0.29, 0.717) is 5.92 Å². The molecule has 2 nitrogen and oxygen atoms in total. The standard InChI is InChI=1S/C29H23O2PSe/c1-20(21-9-3-2-4-10-21)19-32(33)30-26-17-15-22-11-5-7-13-24(22)28(26)29-25-14-8-6-12-23(25)16-18-27(29)31-32/h2-18,20H,19H2,1H3. The van der Waals surface area contributed by atoms with Crippen molar-refractivity contribution in [3.63, 3.8) is 0 Å². The van der Waals surface area contributed by atoms with Crippen LogP contribution in [-0.4, -0.2) is 21.3 Å². The fourth-order valence-corrected chi connectivity index (χ4v) is 9.18. The number of hydrogen-bond acceptors (Lipinski definition) is 2. The van der Waals surface area contributed by atoms with Crippen molar-refractivity contribution < 1.29 is 9.05 Å². The Morgan fingerprint density at radius 1 is 0.636 bits per heavy atom. The predicted octanol–water partition coefficient (Wildman–Crippen LogP) is 8.17. The minimum absolute atomic E-state index is 0.298. The second-order valence-electron chi connectivity index (χ2n) is 8.61. The van der Waals surface area contributed by atoms with Crippen LogP contribution in [0.3, 0.4) is 0 Å². The molecule has 0 N–H and O–H groups in total. The van der Waals surface area contributed by atoms with E-state index in [1.807, 2.05) is 0 Å². The van der Waals surface area contributed by atoms with Crippen molar-refractivity contribution in [1.29, 1.82) is 0 Å². The van der Waals surface area contributed by atoms with Crippen LogP contribution in [0, 0.1) is 0 Å². The molecule has 0 amide bonds. The van der Waals surface area contributed by atoms with Gasteiger partial charge in [-0.15, -0.1) is 0 Å². The third-order valence-corrected chi connectivity index (χ3v) is 10.2. The fraction of sp³-hybridized carbons (Fsp3) is 0.103. The molecule has 1 atom stereocenters. The monoisotopic (exact) mass is 514 g/mol. The normalized spacial score (nSPS) is 15.1. The van der Waals surface area contributed by atoms with Gasteiger partial charge in [0.25, 0.3) is 0 Å². The maximum absolute atomic E-state index is 6.81. The molecule has 0 fully saturated rings. The van der Waals surface area contributed by atoms with E-state index in [-0.39, 0.29) is 0 Å². The Balaban J connectivity index is 1.58. The van der Waals surface area contributed by atoms with E-state index in [1.165, 1.54) is 27.1 Å². The van der Waals surface area contributed by atoms with Gasteiger partial charge in [-0.25, -0.2) is 0 Å². The van der Waals surface area contributed by atoms with Crippen LogP contribution >= 0.6 is 5.96 Å². The summed E-state index contributed by atoms with van der Waals surface area (Å²) in [6.07, 6.45) is 0.787. The van der Waals surface area contributed by atoms with E-state index < -0.39 is 5.96 Å². The molecule has 5 aromatic rings. The van der Waals surface area contributed by atoms with Crippen molar-refractivity contribution in [2.45, 2.75) is 12.8 Å². The van der Waals surface area contributed by atoms with Crippen molar-refractivity contribution >= 4 is 42.6 Å². The molecule has 6 rings (SSSR count). The van der Waals surface area contributed by atoms with Crippen LogP contribution in [0.15, 0.2) is 103 Å². The summed E-state index contributed by atoms with van der Waals surface area (Å²) in [4.78, 5) is 0. The van der Waals surface area contributed by atoms with E-state index in [2.05, 4.69) is 125 Å². The summed E-state index contributed by atoms with van der Waals surface area (Å²) in [6, 6.07) is 36.1.